The predicted molar refractivity (Wildman–Crippen MR) is 56.1 cm³/mol. The van der Waals surface area contributed by atoms with Gasteiger partial charge in [0.25, 0.3) is 0 Å². The van der Waals surface area contributed by atoms with E-state index in [4.69, 9.17) is 0 Å². The van der Waals surface area contributed by atoms with Crippen LogP contribution in [0.3, 0.4) is 0 Å². The molecule has 1 fully saturated rings. The highest BCUT2D eigenvalue weighted by Gasteiger charge is 2.14. The average molecular weight is 199 g/mol. The molecule has 0 bridgehead atoms. The standard InChI is InChI=1S/C11H21NO2/c1-10-4-3-7-12(8-5-10)9-6-11(13)14-2/h10H,3-9H2,1-2H3. The van der Waals surface area contributed by atoms with Crippen LogP contribution in [0.5, 0.6) is 0 Å². The molecule has 1 rings (SSSR count). The summed E-state index contributed by atoms with van der Waals surface area (Å²) in [6.07, 6.45) is 4.39. The number of methoxy groups -OCH3 is 1. The van der Waals surface area contributed by atoms with E-state index in [1.165, 1.54) is 26.4 Å². The van der Waals surface area contributed by atoms with Gasteiger partial charge in [-0.05, 0) is 38.3 Å². The Morgan fingerprint density at radius 3 is 2.93 bits per heavy atom. The molecule has 3 heteroatoms. The van der Waals surface area contributed by atoms with Crippen LogP contribution in [-0.4, -0.2) is 37.6 Å². The van der Waals surface area contributed by atoms with Crippen molar-refractivity contribution in [2.75, 3.05) is 26.7 Å². The molecule has 14 heavy (non-hydrogen) atoms. The maximum absolute atomic E-state index is 11.0. The molecule has 82 valence electrons. The molecule has 0 saturated carbocycles. The van der Waals surface area contributed by atoms with Crippen LogP contribution in [0.25, 0.3) is 0 Å². The van der Waals surface area contributed by atoms with Crippen molar-refractivity contribution in [3.8, 4) is 0 Å². The Hall–Kier alpha value is -0.570. The Kier molecular flexibility index (Phi) is 4.94. The number of ether oxygens (including phenoxy) is 1. The first-order chi connectivity index (χ1) is 6.72. The minimum absolute atomic E-state index is 0.0951. The van der Waals surface area contributed by atoms with Crippen molar-refractivity contribution in [3.63, 3.8) is 0 Å². The fourth-order valence-corrected chi connectivity index (χ4v) is 1.90. The van der Waals surface area contributed by atoms with Gasteiger partial charge in [-0.2, -0.15) is 0 Å². The molecule has 0 spiro atoms. The summed E-state index contributed by atoms with van der Waals surface area (Å²) in [5, 5.41) is 0. The number of hydrogen-bond acceptors (Lipinski definition) is 3. The highest BCUT2D eigenvalue weighted by atomic mass is 16.5. The second-order valence-corrected chi connectivity index (χ2v) is 4.20. The van der Waals surface area contributed by atoms with Gasteiger partial charge >= 0.3 is 5.97 Å². The Labute approximate surface area is 86.4 Å². The lowest BCUT2D eigenvalue weighted by Crippen LogP contribution is -2.27. The normalized spacial score (nSPS) is 24.3. The molecule has 1 saturated heterocycles. The molecular formula is C11H21NO2. The number of esters is 1. The van der Waals surface area contributed by atoms with Gasteiger partial charge in [-0.1, -0.05) is 6.92 Å². The lowest BCUT2D eigenvalue weighted by molar-refractivity contribution is -0.140. The van der Waals surface area contributed by atoms with Crippen molar-refractivity contribution in [1.29, 1.82) is 0 Å². The van der Waals surface area contributed by atoms with Gasteiger partial charge in [0.05, 0.1) is 13.5 Å². The van der Waals surface area contributed by atoms with Crippen LogP contribution in [0.15, 0.2) is 0 Å². The quantitative estimate of drug-likeness (QED) is 0.648. The monoisotopic (exact) mass is 199 g/mol. The van der Waals surface area contributed by atoms with Crippen LogP contribution < -0.4 is 0 Å². The molecule has 0 N–H and O–H groups in total. The van der Waals surface area contributed by atoms with Gasteiger partial charge in [0.1, 0.15) is 0 Å². The van der Waals surface area contributed by atoms with Gasteiger partial charge in [-0.15, -0.1) is 0 Å². The number of carbonyl (C=O) groups excluding carboxylic acids is 1. The van der Waals surface area contributed by atoms with Crippen molar-refractivity contribution in [3.05, 3.63) is 0 Å². The summed E-state index contributed by atoms with van der Waals surface area (Å²) in [7, 11) is 1.45. The first kappa shape index (κ1) is 11.5. The summed E-state index contributed by atoms with van der Waals surface area (Å²) in [5.41, 5.74) is 0. The fourth-order valence-electron chi connectivity index (χ4n) is 1.90. The molecule has 3 nitrogen and oxygen atoms in total. The SMILES string of the molecule is COC(=O)CCN1CCCC(C)CC1. The van der Waals surface area contributed by atoms with Crippen LogP contribution in [0.2, 0.25) is 0 Å². The average Bonchev–Trinajstić information content (AvgIpc) is 2.39. The van der Waals surface area contributed by atoms with Gasteiger partial charge in [0.2, 0.25) is 0 Å². The largest absolute Gasteiger partial charge is 0.469 e. The van der Waals surface area contributed by atoms with Crippen LogP contribution in [0.4, 0.5) is 0 Å². The molecule has 0 aliphatic carbocycles. The third kappa shape index (κ3) is 4.09. The highest BCUT2D eigenvalue weighted by Crippen LogP contribution is 2.16. The number of carbonyl (C=O) groups is 1. The molecule has 1 unspecified atom stereocenters. The van der Waals surface area contributed by atoms with Crippen LogP contribution in [0, 0.1) is 5.92 Å². The third-order valence-electron chi connectivity index (χ3n) is 2.97. The zero-order valence-electron chi connectivity index (χ0n) is 9.29. The molecule has 1 atom stereocenters. The highest BCUT2D eigenvalue weighted by molar-refractivity contribution is 5.69. The van der Waals surface area contributed by atoms with Gasteiger partial charge < -0.3 is 9.64 Å². The topological polar surface area (TPSA) is 29.5 Å². The molecule has 0 aromatic carbocycles. The van der Waals surface area contributed by atoms with E-state index in [2.05, 4.69) is 16.6 Å². The maximum Gasteiger partial charge on any atom is 0.306 e. The van der Waals surface area contributed by atoms with Crippen molar-refractivity contribution < 1.29 is 9.53 Å². The van der Waals surface area contributed by atoms with E-state index in [1.807, 2.05) is 0 Å². The Morgan fingerprint density at radius 1 is 1.43 bits per heavy atom. The van der Waals surface area contributed by atoms with Crippen LogP contribution in [0.1, 0.15) is 32.6 Å². The summed E-state index contributed by atoms with van der Waals surface area (Å²) in [4.78, 5) is 13.3. The van der Waals surface area contributed by atoms with Gasteiger partial charge in [-0.3, -0.25) is 4.79 Å². The van der Waals surface area contributed by atoms with Gasteiger partial charge in [0.15, 0.2) is 0 Å². The van der Waals surface area contributed by atoms with E-state index in [-0.39, 0.29) is 5.97 Å². The van der Waals surface area contributed by atoms with Gasteiger partial charge in [0, 0.05) is 6.54 Å². The van der Waals surface area contributed by atoms with E-state index in [0.29, 0.717) is 6.42 Å². The lowest BCUT2D eigenvalue weighted by atomic mass is 10.0. The lowest BCUT2D eigenvalue weighted by Gasteiger charge is -2.18. The summed E-state index contributed by atoms with van der Waals surface area (Å²) in [5.74, 6) is 0.750. The summed E-state index contributed by atoms with van der Waals surface area (Å²) in [6.45, 7) is 5.45. The van der Waals surface area contributed by atoms with Crippen molar-refractivity contribution in [1.82, 2.24) is 4.90 Å². The minimum atomic E-state index is -0.0951. The number of nitrogens with zero attached hydrogens (tertiary/aromatic N) is 1. The third-order valence-corrected chi connectivity index (χ3v) is 2.97. The fraction of sp³-hybridized carbons (Fsp3) is 0.909. The zero-order chi connectivity index (χ0) is 10.4. The predicted octanol–water partition coefficient (Wildman–Crippen LogP) is 1.67. The van der Waals surface area contributed by atoms with Crippen molar-refractivity contribution >= 4 is 5.97 Å². The van der Waals surface area contributed by atoms with E-state index in [9.17, 15) is 4.79 Å². The molecule has 0 aromatic heterocycles. The number of likely N-dealkylation sites (tertiary alicyclic amines) is 1. The van der Waals surface area contributed by atoms with E-state index >= 15 is 0 Å². The van der Waals surface area contributed by atoms with Gasteiger partial charge in [-0.25, -0.2) is 0 Å². The second-order valence-electron chi connectivity index (χ2n) is 4.20. The second kappa shape index (κ2) is 6.02. The molecule has 0 amide bonds. The van der Waals surface area contributed by atoms with E-state index < -0.39 is 0 Å². The molecule has 1 aliphatic heterocycles. The Morgan fingerprint density at radius 2 is 2.21 bits per heavy atom. The molecular weight excluding hydrogens is 178 g/mol. The van der Waals surface area contributed by atoms with Crippen LogP contribution >= 0.6 is 0 Å². The molecule has 1 aliphatic rings. The first-order valence-electron chi connectivity index (χ1n) is 5.51. The van der Waals surface area contributed by atoms with E-state index in [1.54, 1.807) is 0 Å². The van der Waals surface area contributed by atoms with Crippen molar-refractivity contribution in [2.24, 2.45) is 5.92 Å². The number of hydrogen-bond donors (Lipinski definition) is 0. The smallest absolute Gasteiger partial charge is 0.306 e. The summed E-state index contributed by atoms with van der Waals surface area (Å²) >= 11 is 0. The number of rotatable bonds is 3. The molecule has 0 aromatic rings. The Balaban J connectivity index is 2.20. The molecule has 0 radical (unpaired) electrons. The van der Waals surface area contributed by atoms with E-state index in [0.717, 1.165) is 25.6 Å². The summed E-state index contributed by atoms with van der Waals surface area (Å²) in [6, 6.07) is 0. The van der Waals surface area contributed by atoms with Crippen LogP contribution in [-0.2, 0) is 9.53 Å². The molecule has 1 heterocycles. The van der Waals surface area contributed by atoms with Crippen molar-refractivity contribution in [2.45, 2.75) is 32.6 Å². The maximum atomic E-state index is 11.0. The summed E-state index contributed by atoms with van der Waals surface area (Å²) < 4.78 is 4.63. The first-order valence-corrected chi connectivity index (χ1v) is 5.51. The Bertz CT molecular complexity index is 182. The minimum Gasteiger partial charge on any atom is -0.469 e. The zero-order valence-corrected chi connectivity index (χ0v) is 9.29.